The molecule has 0 bridgehead atoms. The zero-order valence-corrected chi connectivity index (χ0v) is 22.2. The van der Waals surface area contributed by atoms with E-state index in [1.165, 1.54) is 17.7 Å². The van der Waals surface area contributed by atoms with E-state index in [4.69, 9.17) is 4.98 Å². The summed E-state index contributed by atoms with van der Waals surface area (Å²) in [6, 6.07) is 20.0. The van der Waals surface area contributed by atoms with Crippen LogP contribution in [0.1, 0.15) is 22.5 Å². The average Bonchev–Trinajstić information content (AvgIpc) is 3.46. The molecule has 4 aromatic heterocycles. The van der Waals surface area contributed by atoms with Gasteiger partial charge in [0.15, 0.2) is 5.82 Å². The number of imidazole rings is 1. The monoisotopic (exact) mass is 558 g/mol. The molecule has 6 aromatic rings. The van der Waals surface area contributed by atoms with E-state index >= 15 is 4.39 Å². The lowest BCUT2D eigenvalue weighted by molar-refractivity contribution is 0.621. The Kier molecular flexibility index (Phi) is 6.57. The van der Waals surface area contributed by atoms with Crippen LogP contribution in [0.4, 0.5) is 14.5 Å². The van der Waals surface area contributed by atoms with Crippen molar-refractivity contribution in [3.63, 3.8) is 0 Å². The van der Waals surface area contributed by atoms with Gasteiger partial charge >= 0.3 is 0 Å². The summed E-state index contributed by atoms with van der Waals surface area (Å²) in [6.45, 7) is 1.27. The van der Waals surface area contributed by atoms with Gasteiger partial charge in [-0.3, -0.25) is 20.4 Å². The number of nitrogens with one attached hydrogen (secondary N) is 4. The fourth-order valence-electron chi connectivity index (χ4n) is 5.06. The van der Waals surface area contributed by atoms with Crippen molar-refractivity contribution in [3.05, 3.63) is 132 Å². The topological polar surface area (TPSA) is 103 Å². The third kappa shape index (κ3) is 4.84. The van der Waals surface area contributed by atoms with E-state index in [9.17, 15) is 4.39 Å². The van der Waals surface area contributed by atoms with E-state index in [1.54, 1.807) is 49.2 Å². The minimum Gasteiger partial charge on any atom is -0.338 e. The number of hydrogen-bond acceptors (Lipinski definition) is 7. The molecule has 1 aliphatic heterocycles. The van der Waals surface area contributed by atoms with Gasteiger partial charge in [-0.25, -0.2) is 13.8 Å². The SMILES string of the molecule is Fc1cccc(-c2nccc3[nH]c(C4=CNNc5cnc(-c6cncc(CNCc7ccccc7)c6)c(F)c54)nc23)c1. The van der Waals surface area contributed by atoms with Crippen LogP contribution in [0.5, 0.6) is 0 Å². The highest BCUT2D eigenvalue weighted by atomic mass is 19.1. The number of aromatic nitrogens is 5. The highest BCUT2D eigenvalue weighted by Crippen LogP contribution is 2.37. The Balaban J connectivity index is 1.22. The van der Waals surface area contributed by atoms with Crippen molar-refractivity contribution >= 4 is 22.3 Å². The Morgan fingerprint density at radius 3 is 2.55 bits per heavy atom. The maximum atomic E-state index is 16.3. The number of nitrogens with zero attached hydrogens (tertiary/aromatic N) is 4. The van der Waals surface area contributed by atoms with E-state index in [-0.39, 0.29) is 11.5 Å². The standard InChI is InChI=1S/C32H24F2N8/c33-23-8-4-7-21(12-23)30-31-25(9-10-37-30)40-32(41-31)24-17-39-42-26-18-38-29(28(34)27(24)26)22-11-20(15-36-16-22)14-35-13-19-5-2-1-3-6-19/h1-12,15-18,35,39,42H,13-14H2,(H,40,41). The summed E-state index contributed by atoms with van der Waals surface area (Å²) in [5.41, 5.74) is 12.4. The molecule has 10 heteroatoms. The van der Waals surface area contributed by atoms with Crippen LogP contribution in [-0.2, 0) is 13.1 Å². The molecular formula is C32H24F2N8. The van der Waals surface area contributed by atoms with Crippen LogP contribution in [-0.4, -0.2) is 24.9 Å². The second-order valence-electron chi connectivity index (χ2n) is 9.86. The number of aromatic amines is 1. The lowest BCUT2D eigenvalue weighted by atomic mass is 10.00. The first-order valence-electron chi connectivity index (χ1n) is 13.3. The summed E-state index contributed by atoms with van der Waals surface area (Å²) in [4.78, 5) is 21.3. The van der Waals surface area contributed by atoms with E-state index in [0.717, 1.165) is 5.56 Å². The minimum atomic E-state index is -0.507. The van der Waals surface area contributed by atoms with Crippen LogP contribution in [0.25, 0.3) is 39.1 Å². The number of H-pyrrole nitrogens is 1. The molecule has 42 heavy (non-hydrogen) atoms. The van der Waals surface area contributed by atoms with E-state index < -0.39 is 5.82 Å². The Morgan fingerprint density at radius 1 is 0.786 bits per heavy atom. The lowest BCUT2D eigenvalue weighted by Crippen LogP contribution is -2.22. The largest absolute Gasteiger partial charge is 0.338 e. The smallest absolute Gasteiger partial charge is 0.159 e. The molecule has 4 N–H and O–H groups in total. The molecule has 0 unspecified atom stereocenters. The highest BCUT2D eigenvalue weighted by Gasteiger charge is 2.25. The summed E-state index contributed by atoms with van der Waals surface area (Å²) in [6.07, 6.45) is 8.22. The number of hydrogen-bond donors (Lipinski definition) is 4. The molecule has 5 heterocycles. The molecule has 206 valence electrons. The molecule has 7 rings (SSSR count). The third-order valence-electron chi connectivity index (χ3n) is 7.04. The van der Waals surface area contributed by atoms with E-state index in [1.807, 2.05) is 24.3 Å². The molecule has 0 atom stereocenters. The van der Waals surface area contributed by atoms with Gasteiger partial charge in [-0.05, 0) is 35.4 Å². The number of fused-ring (bicyclic) bond motifs is 2. The molecule has 0 radical (unpaired) electrons. The predicted octanol–water partition coefficient (Wildman–Crippen LogP) is 5.97. The zero-order chi connectivity index (χ0) is 28.5. The van der Waals surface area contributed by atoms with Gasteiger partial charge in [0, 0.05) is 54.6 Å². The quantitative estimate of drug-likeness (QED) is 0.191. The molecule has 0 aliphatic carbocycles. The summed E-state index contributed by atoms with van der Waals surface area (Å²) >= 11 is 0. The van der Waals surface area contributed by atoms with E-state index in [0.29, 0.717) is 63.6 Å². The number of anilines is 1. The summed E-state index contributed by atoms with van der Waals surface area (Å²) < 4.78 is 30.3. The third-order valence-corrected chi connectivity index (χ3v) is 7.04. The first-order valence-corrected chi connectivity index (χ1v) is 13.3. The lowest BCUT2D eigenvalue weighted by Gasteiger charge is -2.21. The molecule has 2 aromatic carbocycles. The molecule has 8 nitrogen and oxygen atoms in total. The van der Waals surface area contributed by atoms with Crippen LogP contribution in [0.3, 0.4) is 0 Å². The van der Waals surface area contributed by atoms with Gasteiger partial charge in [-0.1, -0.05) is 42.5 Å². The van der Waals surface area contributed by atoms with Gasteiger partial charge in [0.1, 0.15) is 22.9 Å². The number of rotatable bonds is 7. The highest BCUT2D eigenvalue weighted by molar-refractivity contribution is 5.94. The predicted molar refractivity (Wildman–Crippen MR) is 158 cm³/mol. The molecule has 0 saturated carbocycles. The number of hydrazine groups is 1. The van der Waals surface area contributed by atoms with Crippen molar-refractivity contribution in [2.75, 3.05) is 5.43 Å². The van der Waals surface area contributed by atoms with Gasteiger partial charge in [0.05, 0.1) is 28.7 Å². The average molecular weight is 559 g/mol. The molecule has 0 amide bonds. The van der Waals surface area contributed by atoms with Crippen LogP contribution in [0.15, 0.2) is 97.7 Å². The normalized spacial score (nSPS) is 12.4. The van der Waals surface area contributed by atoms with Crippen LogP contribution in [0, 0.1) is 11.6 Å². The van der Waals surface area contributed by atoms with Gasteiger partial charge in [-0.2, -0.15) is 0 Å². The summed E-state index contributed by atoms with van der Waals surface area (Å²) in [5, 5.41) is 3.40. The second-order valence-corrected chi connectivity index (χ2v) is 9.86. The fraction of sp³-hybridized carbons (Fsp3) is 0.0625. The Labute approximate surface area is 239 Å². The van der Waals surface area contributed by atoms with Crippen molar-refractivity contribution in [1.82, 2.24) is 35.7 Å². The van der Waals surface area contributed by atoms with Crippen molar-refractivity contribution in [2.45, 2.75) is 13.1 Å². The van der Waals surface area contributed by atoms with Crippen LogP contribution in [0.2, 0.25) is 0 Å². The van der Waals surface area contributed by atoms with Crippen molar-refractivity contribution in [3.8, 4) is 22.5 Å². The van der Waals surface area contributed by atoms with Crippen molar-refractivity contribution in [2.24, 2.45) is 0 Å². The van der Waals surface area contributed by atoms with Gasteiger partial charge in [-0.15, -0.1) is 0 Å². The fourth-order valence-corrected chi connectivity index (χ4v) is 5.06. The van der Waals surface area contributed by atoms with Crippen molar-refractivity contribution < 1.29 is 8.78 Å². The number of pyridine rings is 3. The van der Waals surface area contributed by atoms with E-state index in [2.05, 4.69) is 48.2 Å². The second kappa shape index (κ2) is 10.8. The maximum absolute atomic E-state index is 16.3. The summed E-state index contributed by atoms with van der Waals surface area (Å²) in [7, 11) is 0. The van der Waals surface area contributed by atoms with Crippen molar-refractivity contribution in [1.29, 1.82) is 0 Å². The maximum Gasteiger partial charge on any atom is 0.159 e. The Hall–Kier alpha value is -5.48. The van der Waals surface area contributed by atoms with Crippen LogP contribution < -0.4 is 16.2 Å². The molecule has 1 aliphatic rings. The minimum absolute atomic E-state index is 0.180. The molecule has 0 saturated heterocycles. The first kappa shape index (κ1) is 25.5. The Morgan fingerprint density at radius 2 is 1.67 bits per heavy atom. The van der Waals surface area contributed by atoms with Gasteiger partial charge in [0.25, 0.3) is 0 Å². The van der Waals surface area contributed by atoms with Crippen LogP contribution >= 0.6 is 0 Å². The molecule has 0 fully saturated rings. The van der Waals surface area contributed by atoms with Gasteiger partial charge in [0.2, 0.25) is 0 Å². The number of halogens is 2. The number of benzene rings is 2. The molecule has 0 spiro atoms. The molecular weight excluding hydrogens is 534 g/mol. The first-order chi connectivity index (χ1) is 20.6. The zero-order valence-electron chi connectivity index (χ0n) is 22.2. The van der Waals surface area contributed by atoms with Gasteiger partial charge < -0.3 is 15.7 Å². The summed E-state index contributed by atoms with van der Waals surface area (Å²) in [5.74, 6) is -0.444. The Bertz CT molecular complexity index is 1950.